The molecule has 0 fully saturated rings. The molecule has 0 spiro atoms. The van der Waals surface area contributed by atoms with Crippen LogP contribution in [0.5, 0.6) is 0 Å². The van der Waals surface area contributed by atoms with Gasteiger partial charge in [-0.25, -0.2) is 0 Å². The summed E-state index contributed by atoms with van der Waals surface area (Å²) in [5.74, 6) is 0. The van der Waals surface area contributed by atoms with Gasteiger partial charge < -0.3 is 13.6 Å². The number of hydrogen-bond donors (Lipinski definition) is 0. The lowest BCUT2D eigenvalue weighted by Gasteiger charge is -2.13. The van der Waals surface area contributed by atoms with Crippen LogP contribution < -0.4 is 0 Å². The van der Waals surface area contributed by atoms with Crippen molar-refractivity contribution >= 4 is 71.5 Å². The Morgan fingerprint density at radius 1 is 0.490 bits per heavy atom. The number of nitrogens with zero attached hydrogens (tertiary/aromatic N) is 2. The highest BCUT2D eigenvalue weighted by atomic mass is 16.3. The average molecular weight is 627 g/mol. The van der Waals surface area contributed by atoms with Crippen molar-refractivity contribution in [1.29, 1.82) is 0 Å². The Kier molecular flexibility index (Phi) is 5.50. The molecule has 3 heteroatoms. The van der Waals surface area contributed by atoms with Crippen LogP contribution in [0.25, 0.3) is 94.0 Å². The molecule has 11 rings (SSSR count). The molecule has 49 heavy (non-hydrogen) atoms. The molecule has 0 unspecified atom stereocenters. The minimum Gasteiger partial charge on any atom is -0.455 e. The first-order valence-electron chi connectivity index (χ1n) is 17.1. The Morgan fingerprint density at radius 3 is 2.12 bits per heavy atom. The van der Waals surface area contributed by atoms with Crippen LogP contribution in [0.15, 0.2) is 156 Å². The molecule has 0 radical (unpaired) electrons. The number of hydrogen-bond acceptors (Lipinski definition) is 1. The first-order valence-corrected chi connectivity index (χ1v) is 17.1. The summed E-state index contributed by atoms with van der Waals surface area (Å²) in [5, 5.41) is 8.58. The molecule has 0 bridgehead atoms. The van der Waals surface area contributed by atoms with E-state index in [1.807, 2.05) is 12.1 Å². The second-order valence-corrected chi connectivity index (χ2v) is 13.2. The van der Waals surface area contributed by atoms with Crippen LogP contribution in [0.4, 0.5) is 0 Å². The van der Waals surface area contributed by atoms with Crippen molar-refractivity contribution in [1.82, 2.24) is 9.13 Å². The molecule has 3 nitrogen and oxygen atoms in total. The quantitative estimate of drug-likeness (QED) is 0.191. The summed E-state index contributed by atoms with van der Waals surface area (Å²) in [6.45, 7) is 0. The third-order valence-corrected chi connectivity index (χ3v) is 10.6. The molecular formula is C46H30N2O. The van der Waals surface area contributed by atoms with Crippen LogP contribution in [0.2, 0.25) is 0 Å². The molecular weight excluding hydrogens is 597 g/mol. The van der Waals surface area contributed by atoms with Gasteiger partial charge in [0.25, 0.3) is 0 Å². The average Bonchev–Trinajstić information content (AvgIpc) is 3.82. The van der Waals surface area contributed by atoms with E-state index in [-0.39, 0.29) is 0 Å². The van der Waals surface area contributed by atoms with Crippen LogP contribution in [0.1, 0.15) is 17.7 Å². The monoisotopic (exact) mass is 626 g/mol. The van der Waals surface area contributed by atoms with Crippen LogP contribution in [-0.4, -0.2) is 9.13 Å². The number of aryl methyl sites for hydroxylation is 1. The van der Waals surface area contributed by atoms with Crippen molar-refractivity contribution in [2.75, 3.05) is 0 Å². The van der Waals surface area contributed by atoms with E-state index in [9.17, 15) is 0 Å². The highest BCUT2D eigenvalue weighted by molar-refractivity contribution is 6.11. The fourth-order valence-electron chi connectivity index (χ4n) is 8.36. The largest absolute Gasteiger partial charge is 0.455 e. The zero-order chi connectivity index (χ0) is 32.1. The lowest BCUT2D eigenvalue weighted by molar-refractivity contribution is 0.670. The summed E-state index contributed by atoms with van der Waals surface area (Å²) in [4.78, 5) is 0. The van der Waals surface area contributed by atoms with Gasteiger partial charge in [-0.3, -0.25) is 0 Å². The standard InChI is InChI=1S/C46H30N2O/c1-5-16-41-35(10-1)36-11-2-6-17-42(36)48(41)33-24-25-44-40(28-33)37-12-3-7-18-43(37)47(44)32-23-22-29-20-21-30(26-31(29)27-32)34-14-9-15-39-38-13-4-8-19-45(38)49-46(34)39/h1,3-10,12-28H,2,11H2. The van der Waals surface area contributed by atoms with Gasteiger partial charge in [-0.2, -0.15) is 0 Å². The van der Waals surface area contributed by atoms with Crippen molar-refractivity contribution in [2.45, 2.75) is 12.8 Å². The maximum absolute atomic E-state index is 6.41. The molecule has 3 heterocycles. The molecule has 0 saturated carbocycles. The van der Waals surface area contributed by atoms with Crippen molar-refractivity contribution in [3.8, 4) is 22.5 Å². The van der Waals surface area contributed by atoms with E-state index in [0.717, 1.165) is 51.6 Å². The number of allylic oxidation sites excluding steroid dienone is 1. The lowest BCUT2D eigenvalue weighted by atomic mass is 9.99. The van der Waals surface area contributed by atoms with E-state index in [1.165, 1.54) is 60.4 Å². The van der Waals surface area contributed by atoms with E-state index >= 15 is 0 Å². The number of rotatable bonds is 3. The third kappa shape index (κ3) is 3.84. The fraction of sp³-hybridized carbons (Fsp3) is 0.0435. The summed E-state index contributed by atoms with van der Waals surface area (Å²) >= 11 is 0. The summed E-state index contributed by atoms with van der Waals surface area (Å²) in [6, 6.07) is 53.0. The van der Waals surface area contributed by atoms with E-state index in [0.29, 0.717) is 0 Å². The summed E-state index contributed by atoms with van der Waals surface area (Å²) in [7, 11) is 0. The topological polar surface area (TPSA) is 23.0 Å². The highest BCUT2D eigenvalue weighted by Gasteiger charge is 2.20. The number of para-hydroxylation sites is 4. The number of furan rings is 1. The van der Waals surface area contributed by atoms with Crippen molar-refractivity contribution in [3.63, 3.8) is 0 Å². The maximum Gasteiger partial charge on any atom is 0.143 e. The van der Waals surface area contributed by atoms with Crippen LogP contribution in [-0.2, 0) is 6.42 Å². The van der Waals surface area contributed by atoms with Crippen molar-refractivity contribution in [3.05, 3.63) is 163 Å². The van der Waals surface area contributed by atoms with E-state index in [4.69, 9.17) is 4.42 Å². The predicted octanol–water partition coefficient (Wildman–Crippen LogP) is 12.4. The summed E-state index contributed by atoms with van der Waals surface area (Å²) in [6.07, 6.45) is 6.79. The Hall–Kier alpha value is -6.32. The molecule has 0 saturated heterocycles. The molecule has 0 atom stereocenters. The Labute approximate surface area is 282 Å². The summed E-state index contributed by atoms with van der Waals surface area (Å²) in [5.41, 5.74) is 12.9. The van der Waals surface area contributed by atoms with E-state index in [2.05, 4.69) is 155 Å². The Balaban J connectivity index is 1.10. The molecule has 10 aromatic rings. The Morgan fingerprint density at radius 2 is 1.20 bits per heavy atom. The van der Waals surface area contributed by atoms with Gasteiger partial charge >= 0.3 is 0 Å². The number of benzene rings is 7. The van der Waals surface area contributed by atoms with Gasteiger partial charge in [0.2, 0.25) is 0 Å². The maximum atomic E-state index is 6.41. The smallest absolute Gasteiger partial charge is 0.143 e. The second-order valence-electron chi connectivity index (χ2n) is 13.2. The van der Waals surface area contributed by atoms with Gasteiger partial charge in [0.05, 0.1) is 16.6 Å². The van der Waals surface area contributed by atoms with Crippen LogP contribution >= 0.6 is 0 Å². The van der Waals surface area contributed by atoms with Gasteiger partial charge in [-0.05, 0) is 95.4 Å². The molecule has 1 aliphatic carbocycles. The summed E-state index contributed by atoms with van der Waals surface area (Å²) < 4.78 is 11.3. The molecule has 3 aromatic heterocycles. The predicted molar refractivity (Wildman–Crippen MR) is 205 cm³/mol. The van der Waals surface area contributed by atoms with Gasteiger partial charge in [-0.15, -0.1) is 0 Å². The molecule has 0 amide bonds. The molecule has 0 aliphatic heterocycles. The molecule has 7 aromatic carbocycles. The normalized spacial score (nSPS) is 13.1. The first-order chi connectivity index (χ1) is 24.3. The van der Waals surface area contributed by atoms with Crippen LogP contribution in [0, 0.1) is 0 Å². The zero-order valence-corrected chi connectivity index (χ0v) is 26.7. The highest BCUT2D eigenvalue weighted by Crippen LogP contribution is 2.40. The SMILES string of the molecule is C1=Cc2c(c3ccccc3n2-c2ccc3c(c2)c2ccccc2n3-c2ccc3ccc(-c4cccc5c4oc4ccccc45)cc3c2)CC1. The van der Waals surface area contributed by atoms with Crippen molar-refractivity contribution < 1.29 is 4.42 Å². The number of aromatic nitrogens is 2. The molecule has 1 aliphatic rings. The first kappa shape index (κ1) is 26.7. The van der Waals surface area contributed by atoms with Gasteiger partial charge in [0.15, 0.2) is 0 Å². The molecule has 230 valence electrons. The van der Waals surface area contributed by atoms with E-state index < -0.39 is 0 Å². The lowest BCUT2D eigenvalue weighted by Crippen LogP contribution is -2.00. The fourth-order valence-corrected chi connectivity index (χ4v) is 8.36. The number of fused-ring (bicyclic) bond motifs is 10. The minimum absolute atomic E-state index is 0.920. The zero-order valence-electron chi connectivity index (χ0n) is 26.7. The third-order valence-electron chi connectivity index (χ3n) is 10.6. The second kappa shape index (κ2) is 10.1. The van der Waals surface area contributed by atoms with Gasteiger partial charge in [-0.1, -0.05) is 97.1 Å². The van der Waals surface area contributed by atoms with Crippen molar-refractivity contribution in [2.24, 2.45) is 0 Å². The molecule has 0 N–H and O–H groups in total. The minimum atomic E-state index is 0.920. The van der Waals surface area contributed by atoms with E-state index in [1.54, 1.807) is 0 Å². The van der Waals surface area contributed by atoms with Crippen LogP contribution in [0.3, 0.4) is 0 Å². The van der Waals surface area contributed by atoms with Gasteiger partial charge in [0, 0.05) is 49.6 Å². The Bertz CT molecular complexity index is 3000. The van der Waals surface area contributed by atoms with Gasteiger partial charge in [0.1, 0.15) is 11.2 Å².